The molecule has 1 fully saturated rings. The molecular weight excluding hydrogens is 438 g/mol. The first-order chi connectivity index (χ1) is 16.5. The number of fused-ring (bicyclic) bond motifs is 1. The predicted molar refractivity (Wildman–Crippen MR) is 125 cm³/mol. The molecule has 1 amide bonds. The van der Waals surface area contributed by atoms with Crippen LogP contribution in [0.3, 0.4) is 0 Å². The molecule has 0 unspecified atom stereocenters. The highest BCUT2D eigenvalue weighted by Crippen LogP contribution is 2.30. The number of halogens is 2. The van der Waals surface area contributed by atoms with Crippen molar-refractivity contribution in [3.63, 3.8) is 0 Å². The summed E-state index contributed by atoms with van der Waals surface area (Å²) in [5.41, 5.74) is 2.10. The monoisotopic (exact) mass is 462 g/mol. The van der Waals surface area contributed by atoms with Crippen LogP contribution in [-0.2, 0) is 0 Å². The number of carbonyl (C=O) groups excluding carboxylic acids is 1. The average Bonchev–Trinajstić information content (AvgIpc) is 3.25. The number of hydrogen-bond donors (Lipinski definition) is 3. The van der Waals surface area contributed by atoms with E-state index in [1.807, 2.05) is 13.0 Å². The molecule has 9 heteroatoms. The van der Waals surface area contributed by atoms with E-state index in [-0.39, 0.29) is 29.6 Å². The fourth-order valence-corrected chi connectivity index (χ4v) is 4.51. The molecule has 3 N–H and O–H groups in total. The van der Waals surface area contributed by atoms with Gasteiger partial charge in [0.1, 0.15) is 11.5 Å². The lowest BCUT2D eigenvalue weighted by atomic mass is 9.91. The van der Waals surface area contributed by atoms with Crippen LogP contribution in [0.25, 0.3) is 22.3 Å². The van der Waals surface area contributed by atoms with Gasteiger partial charge in [-0.2, -0.15) is 0 Å². The van der Waals surface area contributed by atoms with Gasteiger partial charge >= 0.3 is 0 Å². The molecule has 0 aliphatic heterocycles. The predicted octanol–water partition coefficient (Wildman–Crippen LogP) is 4.76. The summed E-state index contributed by atoms with van der Waals surface area (Å²) in [4.78, 5) is 28.0. The summed E-state index contributed by atoms with van der Waals surface area (Å²) < 4.78 is 28.9. The lowest BCUT2D eigenvalue weighted by Crippen LogP contribution is -2.42. The zero-order chi connectivity index (χ0) is 23.7. The van der Waals surface area contributed by atoms with E-state index in [0.29, 0.717) is 34.4 Å². The maximum absolute atomic E-state index is 14.6. The highest BCUT2D eigenvalue weighted by molar-refractivity contribution is 5.94. The fourth-order valence-electron chi connectivity index (χ4n) is 4.51. The van der Waals surface area contributed by atoms with E-state index >= 15 is 0 Å². The van der Waals surface area contributed by atoms with Crippen molar-refractivity contribution in [3.8, 4) is 11.4 Å². The van der Waals surface area contributed by atoms with Gasteiger partial charge in [0.2, 0.25) is 0 Å². The van der Waals surface area contributed by atoms with Crippen LogP contribution in [0.1, 0.15) is 41.7 Å². The zero-order valence-corrected chi connectivity index (χ0v) is 18.6. The van der Waals surface area contributed by atoms with Crippen LogP contribution in [0, 0.1) is 18.6 Å². The van der Waals surface area contributed by atoms with Gasteiger partial charge in [-0.05, 0) is 62.4 Å². The molecule has 1 aromatic carbocycles. The van der Waals surface area contributed by atoms with Crippen LogP contribution in [0.15, 0.2) is 48.9 Å². The molecule has 2 atom stereocenters. The second kappa shape index (κ2) is 9.17. The minimum atomic E-state index is -0.564. The molecule has 0 radical (unpaired) electrons. The maximum Gasteiger partial charge on any atom is 0.270 e. The van der Waals surface area contributed by atoms with Crippen molar-refractivity contribution >= 4 is 22.6 Å². The van der Waals surface area contributed by atoms with E-state index in [0.717, 1.165) is 31.0 Å². The number of amides is 1. The number of aryl methyl sites for hydroxylation is 1. The smallest absolute Gasteiger partial charge is 0.270 e. The second-order valence-electron chi connectivity index (χ2n) is 8.66. The van der Waals surface area contributed by atoms with Crippen molar-refractivity contribution in [3.05, 3.63) is 71.8 Å². The minimum Gasteiger partial charge on any atom is -0.365 e. The maximum atomic E-state index is 14.6. The lowest BCUT2D eigenvalue weighted by Gasteiger charge is -2.30. The van der Waals surface area contributed by atoms with Crippen molar-refractivity contribution in [1.82, 2.24) is 25.3 Å². The number of rotatable bonds is 5. The number of pyridine rings is 1. The molecule has 3 heterocycles. The number of nitrogens with one attached hydrogen (secondary N) is 3. The van der Waals surface area contributed by atoms with Crippen molar-refractivity contribution in [1.29, 1.82) is 0 Å². The van der Waals surface area contributed by atoms with Gasteiger partial charge in [-0.25, -0.2) is 18.7 Å². The Kier molecular flexibility index (Phi) is 5.91. The molecule has 7 nitrogen and oxygen atoms in total. The van der Waals surface area contributed by atoms with Crippen LogP contribution in [0.5, 0.6) is 0 Å². The highest BCUT2D eigenvalue weighted by atomic mass is 19.1. The Morgan fingerprint density at radius 1 is 1.12 bits per heavy atom. The van der Waals surface area contributed by atoms with Gasteiger partial charge < -0.3 is 15.6 Å². The van der Waals surface area contributed by atoms with Crippen LogP contribution in [-0.4, -0.2) is 37.9 Å². The average molecular weight is 463 g/mol. The van der Waals surface area contributed by atoms with E-state index in [4.69, 9.17) is 0 Å². The lowest BCUT2D eigenvalue weighted by molar-refractivity contribution is 0.0921. The van der Waals surface area contributed by atoms with Gasteiger partial charge in [0.05, 0.1) is 11.7 Å². The number of aromatic nitrogens is 4. The summed E-state index contributed by atoms with van der Waals surface area (Å²) in [6.45, 7) is 1.81. The number of aromatic amines is 1. The summed E-state index contributed by atoms with van der Waals surface area (Å²) in [5.74, 6) is -0.748. The molecular formula is C25H24F2N6O. The summed E-state index contributed by atoms with van der Waals surface area (Å²) in [7, 11) is 0. The summed E-state index contributed by atoms with van der Waals surface area (Å²) in [5, 5.41) is 6.85. The number of carbonyl (C=O) groups is 1. The fraction of sp³-hybridized carbons (Fsp3) is 0.280. The van der Waals surface area contributed by atoms with E-state index in [9.17, 15) is 13.6 Å². The van der Waals surface area contributed by atoms with Crippen LogP contribution < -0.4 is 10.6 Å². The molecule has 3 aromatic heterocycles. The van der Waals surface area contributed by atoms with E-state index in [1.54, 1.807) is 30.6 Å². The second-order valence-corrected chi connectivity index (χ2v) is 8.66. The number of benzene rings is 1. The molecule has 1 aliphatic rings. The van der Waals surface area contributed by atoms with Crippen LogP contribution >= 0.6 is 0 Å². The number of anilines is 1. The topological polar surface area (TPSA) is 95.6 Å². The standard InChI is InChI=1S/C25H24F2N6O/c1-14-9-17-18(12-29-22(17)19(26)10-14)23-30-13-20(27)24(33-23)31-15-5-4-6-16(11-15)32-25(34)21-7-2-3-8-28-21/h2-3,7-10,12-13,15-16,29H,4-6,11H2,1H3,(H,32,34)(H,30,31,33)/t15-,16+/m1/s1. The Labute approximate surface area is 195 Å². The first kappa shape index (κ1) is 21.9. The molecule has 0 bridgehead atoms. The van der Waals surface area contributed by atoms with Crippen molar-refractivity contribution < 1.29 is 13.6 Å². The molecule has 1 aliphatic carbocycles. The molecule has 0 spiro atoms. The van der Waals surface area contributed by atoms with E-state index in [1.165, 1.54) is 6.07 Å². The highest BCUT2D eigenvalue weighted by Gasteiger charge is 2.25. The van der Waals surface area contributed by atoms with Gasteiger partial charge in [-0.1, -0.05) is 6.07 Å². The Hall–Kier alpha value is -3.88. The molecule has 1 saturated carbocycles. The normalized spacial score (nSPS) is 18.1. The SMILES string of the molecule is Cc1cc(F)c2[nH]cc(-c3ncc(F)c(N[C@@H]4CCC[C@H](NC(=O)c5ccccn5)C4)n3)c2c1. The Morgan fingerprint density at radius 3 is 2.79 bits per heavy atom. The third kappa shape index (κ3) is 4.46. The van der Waals surface area contributed by atoms with Crippen LogP contribution in [0.4, 0.5) is 14.6 Å². The molecule has 0 saturated heterocycles. The molecule has 34 heavy (non-hydrogen) atoms. The van der Waals surface area contributed by atoms with Gasteiger partial charge in [0.25, 0.3) is 5.91 Å². The minimum absolute atomic E-state index is 0.0512. The third-order valence-electron chi connectivity index (χ3n) is 6.12. The first-order valence-corrected chi connectivity index (χ1v) is 11.3. The Bertz CT molecular complexity index is 1340. The Morgan fingerprint density at radius 2 is 1.97 bits per heavy atom. The number of hydrogen-bond acceptors (Lipinski definition) is 5. The van der Waals surface area contributed by atoms with Crippen LogP contribution in [0.2, 0.25) is 0 Å². The van der Waals surface area contributed by atoms with Gasteiger partial charge in [-0.15, -0.1) is 0 Å². The summed E-state index contributed by atoms with van der Waals surface area (Å²) in [6.07, 6.45) is 7.52. The molecule has 174 valence electrons. The molecule has 4 aromatic rings. The third-order valence-corrected chi connectivity index (χ3v) is 6.12. The summed E-state index contributed by atoms with van der Waals surface area (Å²) >= 11 is 0. The van der Waals surface area contributed by atoms with Gasteiger partial charge in [0.15, 0.2) is 17.5 Å². The molecule has 5 rings (SSSR count). The summed E-state index contributed by atoms with van der Waals surface area (Å²) in [6, 6.07) is 8.38. The number of H-pyrrole nitrogens is 1. The Balaban J connectivity index is 1.33. The zero-order valence-electron chi connectivity index (χ0n) is 18.6. The van der Waals surface area contributed by atoms with Gasteiger partial charge in [-0.3, -0.25) is 9.78 Å². The van der Waals surface area contributed by atoms with Gasteiger partial charge in [0, 0.05) is 35.4 Å². The van der Waals surface area contributed by atoms with Crippen molar-refractivity contribution in [2.45, 2.75) is 44.7 Å². The van der Waals surface area contributed by atoms with Crippen molar-refractivity contribution in [2.24, 2.45) is 0 Å². The van der Waals surface area contributed by atoms with E-state index in [2.05, 4.69) is 30.6 Å². The van der Waals surface area contributed by atoms with Crippen molar-refractivity contribution in [2.75, 3.05) is 5.32 Å². The van der Waals surface area contributed by atoms with E-state index < -0.39 is 5.82 Å². The largest absolute Gasteiger partial charge is 0.365 e. The first-order valence-electron chi connectivity index (χ1n) is 11.3. The number of nitrogens with zero attached hydrogens (tertiary/aromatic N) is 3. The quantitative estimate of drug-likeness (QED) is 0.398.